The second-order valence-corrected chi connectivity index (χ2v) is 25.0. The van der Waals surface area contributed by atoms with Gasteiger partial charge in [0.05, 0.1) is 52.9 Å². The van der Waals surface area contributed by atoms with Crippen LogP contribution in [0, 0.1) is 0 Å². The zero-order valence-electron chi connectivity index (χ0n) is 47.4. The summed E-state index contributed by atoms with van der Waals surface area (Å²) in [5.74, 6) is 2.40. The predicted octanol–water partition coefficient (Wildman–Crippen LogP) is 4.40. The number of rotatable bonds is 10. The molecular formula is C64H75N3O15. The van der Waals surface area contributed by atoms with E-state index in [1.165, 1.54) is 13.8 Å². The molecule has 0 saturated carbocycles. The molecule has 18 nitrogen and oxygen atoms in total. The van der Waals surface area contributed by atoms with E-state index in [4.69, 9.17) is 28.4 Å². The van der Waals surface area contributed by atoms with Crippen LogP contribution >= 0.6 is 0 Å². The van der Waals surface area contributed by atoms with Crippen LogP contribution in [0.5, 0.6) is 17.2 Å². The molecule has 436 valence electrons. The van der Waals surface area contributed by atoms with Gasteiger partial charge in [-0.3, -0.25) is 14.4 Å². The highest BCUT2D eigenvalue weighted by molar-refractivity contribution is 5.72. The molecule has 6 heterocycles. The summed E-state index contributed by atoms with van der Waals surface area (Å²) in [4.78, 5) is 42.4. The van der Waals surface area contributed by atoms with E-state index in [1.807, 2.05) is 48.6 Å². The molecule has 12 atom stereocenters. The third-order valence-electron chi connectivity index (χ3n) is 21.4. The van der Waals surface area contributed by atoms with Crippen LogP contribution in [-0.4, -0.2) is 157 Å². The summed E-state index contributed by atoms with van der Waals surface area (Å²) in [5, 5.41) is 65.5. The highest BCUT2D eigenvalue weighted by atomic mass is 16.6. The Morgan fingerprint density at radius 2 is 0.890 bits per heavy atom. The first kappa shape index (κ1) is 55.3. The van der Waals surface area contributed by atoms with E-state index in [9.17, 15) is 45.0 Å². The molecule has 6 aliphatic carbocycles. The lowest BCUT2D eigenvalue weighted by atomic mass is 9.50. The topological polar surface area (TPSA) is 238 Å². The SMILES string of the molecule is C=CCCCC(=O)OC1=CC[C@@]2(O)[C@H]3Cc4ccc(CO)c5c4C2(CCN3C)C1O5.CC(=O)OC1=CC[C@@]2(O)[C@H]3Cc4ccc(CO)c5c4C2(CCN3C)C1O5.CC(=O)OC1=CC[C@@]2(O)[C@H]3Cc4ccc(CO)c5c4C2(CCN3C)C1O5. The number of piperidine rings is 3. The number of ether oxygens (including phenoxy) is 6. The van der Waals surface area contributed by atoms with E-state index in [0.717, 1.165) is 89.8 Å². The Morgan fingerprint density at radius 3 is 1.20 bits per heavy atom. The van der Waals surface area contributed by atoms with Crippen LogP contribution in [0.1, 0.15) is 122 Å². The van der Waals surface area contributed by atoms with Gasteiger partial charge in [-0.25, -0.2) is 0 Å². The first-order valence-electron chi connectivity index (χ1n) is 29.1. The Hall–Kier alpha value is -5.93. The van der Waals surface area contributed by atoms with Gasteiger partial charge < -0.3 is 73.8 Å². The molecule has 6 aliphatic heterocycles. The van der Waals surface area contributed by atoms with Crippen LogP contribution in [0.2, 0.25) is 0 Å². The van der Waals surface area contributed by atoms with Crippen LogP contribution in [0.3, 0.4) is 0 Å². The molecule has 12 aliphatic rings. The van der Waals surface area contributed by atoms with Gasteiger partial charge in [0.15, 0.2) is 18.3 Å². The summed E-state index contributed by atoms with van der Waals surface area (Å²) in [5.41, 5.74) is 3.74. The summed E-state index contributed by atoms with van der Waals surface area (Å²) in [6, 6.07) is 11.8. The minimum atomic E-state index is -1.00. The smallest absolute Gasteiger partial charge is 0.310 e. The first-order valence-corrected chi connectivity index (χ1v) is 29.1. The second kappa shape index (κ2) is 19.6. The fraction of sp³-hybridized carbons (Fsp3) is 0.547. The van der Waals surface area contributed by atoms with Gasteiger partial charge in [-0.15, -0.1) is 6.58 Å². The van der Waals surface area contributed by atoms with Crippen LogP contribution < -0.4 is 14.2 Å². The van der Waals surface area contributed by atoms with Crippen LogP contribution in [0.25, 0.3) is 0 Å². The monoisotopic (exact) mass is 1130 g/mol. The van der Waals surface area contributed by atoms with Crippen molar-refractivity contribution in [1.82, 2.24) is 14.7 Å². The minimum absolute atomic E-state index is 0.0177. The van der Waals surface area contributed by atoms with E-state index in [-0.39, 0.29) is 55.9 Å². The minimum Gasteiger partial charge on any atom is -0.481 e. The summed E-state index contributed by atoms with van der Waals surface area (Å²) >= 11 is 0. The number of likely N-dealkylation sites (tertiary alicyclic amines) is 3. The Labute approximate surface area is 477 Å². The summed E-state index contributed by atoms with van der Waals surface area (Å²) in [6.07, 6.45) is 13.0. The number of allylic oxidation sites excluding steroid dienone is 1. The van der Waals surface area contributed by atoms with E-state index >= 15 is 0 Å². The molecule has 3 spiro atoms. The normalized spacial score (nSPS) is 35.6. The van der Waals surface area contributed by atoms with Crippen LogP contribution in [0.15, 0.2) is 84.6 Å². The Morgan fingerprint density at radius 1 is 0.561 bits per heavy atom. The van der Waals surface area contributed by atoms with Crippen molar-refractivity contribution in [2.24, 2.45) is 0 Å². The van der Waals surface area contributed by atoms with Crippen molar-refractivity contribution in [3.05, 3.63) is 135 Å². The first-order chi connectivity index (χ1) is 39.3. The molecule has 3 aromatic carbocycles. The number of hydrogen-bond donors (Lipinski definition) is 6. The summed E-state index contributed by atoms with van der Waals surface area (Å²) < 4.78 is 35.9. The average molecular weight is 1130 g/mol. The van der Waals surface area contributed by atoms with Gasteiger partial charge in [-0.1, -0.05) is 42.5 Å². The van der Waals surface area contributed by atoms with Crippen molar-refractivity contribution in [2.75, 3.05) is 40.8 Å². The van der Waals surface area contributed by atoms with Gasteiger partial charge in [0.1, 0.15) is 34.5 Å². The number of esters is 3. The lowest BCUT2D eigenvalue weighted by Gasteiger charge is -2.61. The molecule has 3 aromatic rings. The van der Waals surface area contributed by atoms with Gasteiger partial charge in [-0.05, 0) is 127 Å². The zero-order valence-corrected chi connectivity index (χ0v) is 47.4. The number of carbonyl (C=O) groups excluding carboxylic acids is 3. The standard InChI is InChI=1S/C24H29NO5.2C20H23NO5/c1-3-4-5-6-19(27)29-17-9-10-24(28)18-13-15-7-8-16(14-26)21-20(15)23(24,22(17)30-21)11-12-25(18)2;2*1-11(23)25-14-5-6-20(24)15-9-12-3-4-13(10-22)17-16(12)19(20,18(14)26-17)7-8-21(15)2/h3,7-9,18,22,26,28H,1,4-6,10-14H2,2H3;2*3-5,15,18,22,24H,6-10H2,1-2H3/t18-,22?,23?,24-;2*15-,18?,19?,20-/m111/s1. The number of unbranched alkanes of at least 4 members (excludes halogenated alkanes) is 1. The van der Waals surface area contributed by atoms with Crippen molar-refractivity contribution in [3.63, 3.8) is 0 Å². The fourth-order valence-electron chi connectivity index (χ4n) is 17.8. The molecule has 6 N–H and O–H groups in total. The second-order valence-electron chi connectivity index (χ2n) is 25.0. The maximum Gasteiger partial charge on any atom is 0.310 e. The van der Waals surface area contributed by atoms with Crippen molar-refractivity contribution >= 4 is 17.9 Å². The number of aliphatic hydroxyl groups excluding tert-OH is 3. The summed E-state index contributed by atoms with van der Waals surface area (Å²) in [6.45, 7) is 8.57. The number of benzene rings is 3. The Bertz CT molecular complexity index is 3180. The molecule has 0 radical (unpaired) electrons. The Kier molecular flexibility index (Phi) is 13.2. The molecule has 15 rings (SSSR count). The van der Waals surface area contributed by atoms with E-state index < -0.39 is 51.4 Å². The largest absolute Gasteiger partial charge is 0.481 e. The maximum absolute atomic E-state index is 12.5. The van der Waals surface area contributed by atoms with Crippen LogP contribution in [0.4, 0.5) is 0 Å². The zero-order chi connectivity index (χ0) is 57.6. The number of carbonyl (C=O) groups is 3. The average Bonchev–Trinajstić information content (AvgIpc) is 1.45. The highest BCUT2D eigenvalue weighted by Crippen LogP contribution is 2.68. The molecule has 3 fully saturated rings. The van der Waals surface area contributed by atoms with Crippen molar-refractivity contribution in [2.45, 2.75) is 180 Å². The number of hydrogen-bond acceptors (Lipinski definition) is 18. The van der Waals surface area contributed by atoms with Crippen LogP contribution in [-0.2, 0) is 83.9 Å². The third kappa shape index (κ3) is 7.28. The fourth-order valence-corrected chi connectivity index (χ4v) is 17.8. The third-order valence-corrected chi connectivity index (χ3v) is 21.4. The van der Waals surface area contributed by atoms with Crippen molar-refractivity contribution in [3.8, 4) is 17.2 Å². The molecule has 3 saturated heterocycles. The van der Waals surface area contributed by atoms with Gasteiger partial charge in [0.25, 0.3) is 0 Å². The van der Waals surface area contributed by atoms with Gasteiger partial charge in [-0.2, -0.15) is 0 Å². The highest BCUT2D eigenvalue weighted by Gasteiger charge is 2.75. The molecule has 82 heavy (non-hydrogen) atoms. The van der Waals surface area contributed by atoms with Gasteiger partial charge in [0.2, 0.25) is 0 Å². The van der Waals surface area contributed by atoms with Crippen molar-refractivity contribution < 1.29 is 73.4 Å². The molecule has 6 unspecified atom stereocenters. The molecule has 18 heteroatoms. The number of likely N-dealkylation sites (N-methyl/N-ethyl adjacent to an activating group) is 3. The maximum atomic E-state index is 12.5. The molecule has 0 aromatic heterocycles. The van der Waals surface area contributed by atoms with Crippen molar-refractivity contribution in [1.29, 1.82) is 0 Å². The van der Waals surface area contributed by atoms with Gasteiger partial charge in [0, 0.05) is 91.0 Å². The lowest BCUT2D eigenvalue weighted by Crippen LogP contribution is -2.74. The van der Waals surface area contributed by atoms with E-state index in [1.54, 1.807) is 6.08 Å². The Balaban J connectivity index is 0.000000116. The molecule has 0 amide bonds. The predicted molar refractivity (Wildman–Crippen MR) is 296 cm³/mol. The number of nitrogens with zero attached hydrogens (tertiary/aromatic N) is 3. The number of aliphatic hydroxyl groups is 6. The van der Waals surface area contributed by atoms with E-state index in [2.05, 4.69) is 48.5 Å². The quantitative estimate of drug-likeness (QED) is 0.0714. The lowest BCUT2D eigenvalue weighted by molar-refractivity contribution is -0.169. The van der Waals surface area contributed by atoms with E-state index in [0.29, 0.717) is 91.5 Å². The molecule has 6 bridgehead atoms. The summed E-state index contributed by atoms with van der Waals surface area (Å²) in [7, 11) is 6.17. The molecular weight excluding hydrogens is 1050 g/mol. The van der Waals surface area contributed by atoms with Gasteiger partial charge >= 0.3 is 17.9 Å².